The van der Waals surface area contributed by atoms with Gasteiger partial charge in [-0.25, -0.2) is 0 Å². The van der Waals surface area contributed by atoms with Crippen molar-refractivity contribution < 1.29 is 9.47 Å². The highest BCUT2D eigenvalue weighted by molar-refractivity contribution is 5.50. The van der Waals surface area contributed by atoms with Crippen molar-refractivity contribution in [3.05, 3.63) is 24.3 Å². The summed E-state index contributed by atoms with van der Waals surface area (Å²) < 4.78 is 9.89. The second kappa shape index (κ2) is 6.23. The lowest BCUT2D eigenvalue weighted by atomic mass is 10.3. The first kappa shape index (κ1) is 10.8. The second-order valence-corrected chi connectivity index (χ2v) is 2.89. The minimum Gasteiger partial charge on any atom is -0.399 e. The largest absolute Gasteiger partial charge is 0.399 e. The summed E-state index contributed by atoms with van der Waals surface area (Å²) in [6.45, 7) is 3.11. The monoisotopic (exact) mass is 196 g/mol. The molecule has 1 saturated heterocycles. The summed E-state index contributed by atoms with van der Waals surface area (Å²) in [6, 6.07) is 7.15. The van der Waals surface area contributed by atoms with E-state index in [0.29, 0.717) is 11.4 Å². The van der Waals surface area contributed by atoms with Gasteiger partial charge in [-0.3, -0.25) is 0 Å². The zero-order valence-corrected chi connectivity index (χ0v) is 8.11. The molecule has 2 rings (SSSR count). The standard InChI is InChI=1S/C6H8N2.C4H8O2/c7-5-2-1-3-6(8)4-5;1-2-6-4-3-5-1/h1-4H,7-8H2;1-4H2. The molecule has 1 aliphatic rings. The smallest absolute Gasteiger partial charge is 0.0701 e. The van der Waals surface area contributed by atoms with E-state index < -0.39 is 0 Å². The third-order valence-electron chi connectivity index (χ3n) is 1.65. The molecular weight excluding hydrogens is 180 g/mol. The summed E-state index contributed by atoms with van der Waals surface area (Å²) in [7, 11) is 0. The van der Waals surface area contributed by atoms with Crippen molar-refractivity contribution in [2.45, 2.75) is 0 Å². The van der Waals surface area contributed by atoms with Crippen LogP contribution >= 0.6 is 0 Å². The maximum atomic E-state index is 5.38. The van der Waals surface area contributed by atoms with E-state index in [1.807, 2.05) is 6.07 Å². The first-order chi connectivity index (χ1) is 6.79. The van der Waals surface area contributed by atoms with Crippen LogP contribution in [0.25, 0.3) is 0 Å². The fourth-order valence-corrected chi connectivity index (χ4v) is 0.999. The van der Waals surface area contributed by atoms with Crippen molar-refractivity contribution in [1.29, 1.82) is 0 Å². The summed E-state index contributed by atoms with van der Waals surface area (Å²) in [5, 5.41) is 0. The molecular formula is C10H16N2O2. The van der Waals surface area contributed by atoms with E-state index >= 15 is 0 Å². The number of benzene rings is 1. The Hall–Kier alpha value is -1.26. The van der Waals surface area contributed by atoms with Crippen LogP contribution in [0.2, 0.25) is 0 Å². The molecule has 0 radical (unpaired) electrons. The van der Waals surface area contributed by atoms with Crippen LogP contribution in [-0.4, -0.2) is 26.4 Å². The van der Waals surface area contributed by atoms with Crippen LogP contribution in [0.1, 0.15) is 0 Å². The van der Waals surface area contributed by atoms with Gasteiger partial charge in [-0.2, -0.15) is 0 Å². The SMILES string of the molecule is C1COCCO1.Nc1cccc(N)c1. The van der Waals surface area contributed by atoms with Gasteiger partial charge in [-0.15, -0.1) is 0 Å². The van der Waals surface area contributed by atoms with Crippen LogP contribution in [0.4, 0.5) is 11.4 Å². The van der Waals surface area contributed by atoms with E-state index in [1.165, 1.54) is 0 Å². The van der Waals surface area contributed by atoms with Crippen molar-refractivity contribution in [1.82, 2.24) is 0 Å². The Bertz CT molecular complexity index is 233. The molecule has 0 bridgehead atoms. The minimum atomic E-state index is 0.713. The molecule has 1 aromatic carbocycles. The maximum absolute atomic E-state index is 5.38. The number of nitrogen functional groups attached to an aromatic ring is 2. The molecule has 0 amide bonds. The molecule has 1 aromatic rings. The fourth-order valence-electron chi connectivity index (χ4n) is 0.999. The van der Waals surface area contributed by atoms with Crippen molar-refractivity contribution in [3.63, 3.8) is 0 Å². The van der Waals surface area contributed by atoms with E-state index in [2.05, 4.69) is 0 Å². The van der Waals surface area contributed by atoms with Crippen molar-refractivity contribution in [2.24, 2.45) is 0 Å². The first-order valence-electron chi connectivity index (χ1n) is 4.55. The quantitative estimate of drug-likeness (QED) is 0.604. The van der Waals surface area contributed by atoms with E-state index in [1.54, 1.807) is 18.2 Å². The van der Waals surface area contributed by atoms with Gasteiger partial charge in [0, 0.05) is 11.4 Å². The molecule has 4 heteroatoms. The van der Waals surface area contributed by atoms with Crippen molar-refractivity contribution >= 4 is 11.4 Å². The van der Waals surface area contributed by atoms with Crippen molar-refractivity contribution in [2.75, 3.05) is 37.9 Å². The predicted octanol–water partition coefficient (Wildman–Crippen LogP) is 0.884. The van der Waals surface area contributed by atoms with Crippen LogP contribution in [0.5, 0.6) is 0 Å². The van der Waals surface area contributed by atoms with Gasteiger partial charge in [0.15, 0.2) is 0 Å². The first-order valence-corrected chi connectivity index (χ1v) is 4.55. The Labute approximate surface area is 83.8 Å². The molecule has 0 aliphatic carbocycles. The number of anilines is 2. The molecule has 0 atom stereocenters. The number of rotatable bonds is 0. The van der Waals surface area contributed by atoms with Gasteiger partial charge >= 0.3 is 0 Å². The molecule has 4 N–H and O–H groups in total. The van der Waals surface area contributed by atoms with Gasteiger partial charge in [0.25, 0.3) is 0 Å². The lowest BCUT2D eigenvalue weighted by Crippen LogP contribution is -2.16. The maximum Gasteiger partial charge on any atom is 0.0701 e. The molecule has 0 unspecified atom stereocenters. The Morgan fingerprint density at radius 3 is 1.50 bits per heavy atom. The topological polar surface area (TPSA) is 70.5 Å². The van der Waals surface area contributed by atoms with Crippen LogP contribution in [0, 0.1) is 0 Å². The van der Waals surface area contributed by atoms with Crippen LogP contribution in [0.3, 0.4) is 0 Å². The van der Waals surface area contributed by atoms with Crippen molar-refractivity contribution in [3.8, 4) is 0 Å². The third kappa shape index (κ3) is 4.69. The van der Waals surface area contributed by atoms with Crippen LogP contribution in [-0.2, 0) is 9.47 Å². The van der Waals surface area contributed by atoms with E-state index in [4.69, 9.17) is 20.9 Å². The number of hydrogen-bond donors (Lipinski definition) is 2. The molecule has 1 heterocycles. The van der Waals surface area contributed by atoms with Crippen LogP contribution < -0.4 is 11.5 Å². The summed E-state index contributed by atoms with van der Waals surface area (Å²) in [5.74, 6) is 0. The van der Waals surface area contributed by atoms with E-state index in [0.717, 1.165) is 26.4 Å². The van der Waals surface area contributed by atoms with E-state index in [9.17, 15) is 0 Å². The summed E-state index contributed by atoms with van der Waals surface area (Å²) in [5.41, 5.74) is 12.2. The third-order valence-corrected chi connectivity index (χ3v) is 1.65. The van der Waals surface area contributed by atoms with Gasteiger partial charge in [-0.05, 0) is 18.2 Å². The van der Waals surface area contributed by atoms with E-state index in [-0.39, 0.29) is 0 Å². The zero-order chi connectivity index (χ0) is 10.2. The fraction of sp³-hybridized carbons (Fsp3) is 0.400. The number of ether oxygens (including phenoxy) is 2. The Balaban J connectivity index is 0.000000146. The highest BCUT2D eigenvalue weighted by Crippen LogP contribution is 2.06. The summed E-state index contributed by atoms with van der Waals surface area (Å²) >= 11 is 0. The number of nitrogens with two attached hydrogens (primary N) is 2. The average molecular weight is 196 g/mol. The number of hydrogen-bond acceptors (Lipinski definition) is 4. The van der Waals surface area contributed by atoms with Gasteiger partial charge in [-0.1, -0.05) is 6.07 Å². The summed E-state index contributed by atoms with van der Waals surface area (Å²) in [6.07, 6.45) is 0. The van der Waals surface area contributed by atoms with Gasteiger partial charge in [0.05, 0.1) is 26.4 Å². The molecule has 1 fully saturated rings. The molecule has 0 aromatic heterocycles. The predicted molar refractivity (Wildman–Crippen MR) is 56.9 cm³/mol. The molecule has 14 heavy (non-hydrogen) atoms. The van der Waals surface area contributed by atoms with Gasteiger partial charge in [0.1, 0.15) is 0 Å². The summed E-state index contributed by atoms with van der Waals surface area (Å²) in [4.78, 5) is 0. The highest BCUT2D eigenvalue weighted by Gasteiger charge is 1.94. The molecule has 0 saturated carbocycles. The molecule has 0 spiro atoms. The van der Waals surface area contributed by atoms with Crippen LogP contribution in [0.15, 0.2) is 24.3 Å². The zero-order valence-electron chi connectivity index (χ0n) is 8.11. The van der Waals surface area contributed by atoms with Gasteiger partial charge in [0.2, 0.25) is 0 Å². The Kier molecular flexibility index (Phi) is 4.82. The lowest BCUT2D eigenvalue weighted by Gasteiger charge is -2.09. The molecule has 1 aliphatic heterocycles. The highest BCUT2D eigenvalue weighted by atomic mass is 16.6. The minimum absolute atomic E-state index is 0.713. The van der Waals surface area contributed by atoms with Gasteiger partial charge < -0.3 is 20.9 Å². The Morgan fingerprint density at radius 1 is 0.857 bits per heavy atom. The lowest BCUT2D eigenvalue weighted by molar-refractivity contribution is -0.0334. The Morgan fingerprint density at radius 2 is 1.29 bits per heavy atom. The normalized spacial score (nSPS) is 15.4. The second-order valence-electron chi connectivity index (χ2n) is 2.89. The average Bonchev–Trinajstić information content (AvgIpc) is 2.21. The molecule has 78 valence electrons. The molecule has 4 nitrogen and oxygen atoms in total.